The van der Waals surface area contributed by atoms with Crippen LogP contribution in [0.25, 0.3) is 0 Å². The average molecular weight is 466 g/mol. The quantitative estimate of drug-likeness (QED) is 0.642. The van der Waals surface area contributed by atoms with Gasteiger partial charge in [0.25, 0.3) is 0 Å². The third kappa shape index (κ3) is 6.10. The molecule has 0 saturated carbocycles. The van der Waals surface area contributed by atoms with Crippen molar-refractivity contribution in [3.8, 4) is 0 Å². The number of rotatable bonds is 6. The highest BCUT2D eigenvalue weighted by Gasteiger charge is 2.35. The molecular weight excluding hydrogens is 438 g/mol. The number of nitrogens with zero attached hydrogens (tertiary/aromatic N) is 3. The van der Waals surface area contributed by atoms with Crippen LogP contribution < -0.4 is 10.6 Å². The molecule has 174 valence electrons. The number of ether oxygens (including phenoxy) is 1. The average Bonchev–Trinajstić information content (AvgIpc) is 2.77. The van der Waals surface area contributed by atoms with Crippen molar-refractivity contribution in [1.29, 1.82) is 0 Å². The van der Waals surface area contributed by atoms with E-state index >= 15 is 0 Å². The number of halogens is 1. The Bertz CT molecular complexity index is 859. The summed E-state index contributed by atoms with van der Waals surface area (Å²) in [6.07, 6.45) is -0.518. The molecule has 0 aliphatic carbocycles. The lowest BCUT2D eigenvalue weighted by Crippen LogP contribution is -2.60. The standard InChI is InChI=1S/C21H28ClN5O5/c1-2-32-21(31)26-11-9-25(10-12-26)14-19(29)27-8-7-23-20(30)17(27)13-18(28)24-16-6-4-3-5-15(16)22/h3-6,17H,2,7-14H2,1H3,(H,23,30)(H,24,28)/t17-/m0/s1. The largest absolute Gasteiger partial charge is 0.450 e. The van der Waals surface area contributed by atoms with Gasteiger partial charge in [0.2, 0.25) is 17.7 Å². The first kappa shape index (κ1) is 23.8. The van der Waals surface area contributed by atoms with E-state index in [2.05, 4.69) is 10.6 Å². The number of benzene rings is 1. The summed E-state index contributed by atoms with van der Waals surface area (Å²) in [7, 11) is 0. The van der Waals surface area contributed by atoms with E-state index in [-0.39, 0.29) is 30.9 Å². The molecule has 10 nitrogen and oxygen atoms in total. The fraction of sp³-hybridized carbons (Fsp3) is 0.524. The molecule has 1 aromatic carbocycles. The van der Waals surface area contributed by atoms with Crippen molar-refractivity contribution in [2.45, 2.75) is 19.4 Å². The molecule has 2 aliphatic heterocycles. The van der Waals surface area contributed by atoms with Crippen molar-refractivity contribution in [3.05, 3.63) is 29.3 Å². The Hall–Kier alpha value is -2.85. The number of para-hydroxylation sites is 1. The number of carbonyl (C=O) groups is 4. The molecule has 32 heavy (non-hydrogen) atoms. The number of carbonyl (C=O) groups excluding carboxylic acids is 4. The van der Waals surface area contributed by atoms with Gasteiger partial charge in [0.15, 0.2) is 0 Å². The molecule has 2 heterocycles. The van der Waals surface area contributed by atoms with Gasteiger partial charge in [-0.05, 0) is 19.1 Å². The predicted octanol–water partition coefficient (Wildman–Crippen LogP) is 0.770. The van der Waals surface area contributed by atoms with Crippen molar-refractivity contribution in [2.75, 3.05) is 57.7 Å². The van der Waals surface area contributed by atoms with Crippen molar-refractivity contribution in [1.82, 2.24) is 20.0 Å². The van der Waals surface area contributed by atoms with Gasteiger partial charge in [-0.2, -0.15) is 0 Å². The number of nitrogens with one attached hydrogen (secondary N) is 2. The summed E-state index contributed by atoms with van der Waals surface area (Å²) >= 11 is 6.08. The zero-order valence-corrected chi connectivity index (χ0v) is 18.8. The number of amides is 4. The summed E-state index contributed by atoms with van der Waals surface area (Å²) in [4.78, 5) is 54.8. The van der Waals surface area contributed by atoms with Gasteiger partial charge in [0.1, 0.15) is 6.04 Å². The highest BCUT2D eigenvalue weighted by molar-refractivity contribution is 6.33. The van der Waals surface area contributed by atoms with Crippen LogP contribution in [0.1, 0.15) is 13.3 Å². The fourth-order valence-electron chi connectivity index (χ4n) is 3.74. The predicted molar refractivity (Wildman–Crippen MR) is 118 cm³/mol. The van der Waals surface area contributed by atoms with Gasteiger partial charge in [-0.1, -0.05) is 23.7 Å². The fourth-order valence-corrected chi connectivity index (χ4v) is 3.92. The normalized spacial score (nSPS) is 19.3. The van der Waals surface area contributed by atoms with E-state index in [9.17, 15) is 19.2 Å². The second kappa shape index (κ2) is 11.1. The maximum absolute atomic E-state index is 13.0. The summed E-state index contributed by atoms with van der Waals surface area (Å²) in [5.41, 5.74) is 0.452. The van der Waals surface area contributed by atoms with Gasteiger partial charge in [0, 0.05) is 39.3 Å². The molecule has 2 aliphatic rings. The van der Waals surface area contributed by atoms with Gasteiger partial charge in [-0.15, -0.1) is 0 Å². The summed E-state index contributed by atoms with van der Waals surface area (Å²) in [5, 5.41) is 5.81. The lowest BCUT2D eigenvalue weighted by Gasteiger charge is -2.38. The Labute approximate surface area is 191 Å². The highest BCUT2D eigenvalue weighted by atomic mass is 35.5. The minimum atomic E-state index is -0.889. The Balaban J connectivity index is 1.56. The van der Waals surface area contributed by atoms with Gasteiger partial charge in [-0.25, -0.2) is 4.79 Å². The minimum Gasteiger partial charge on any atom is -0.450 e. The Morgan fingerprint density at radius 1 is 1.16 bits per heavy atom. The first-order valence-electron chi connectivity index (χ1n) is 10.6. The molecule has 4 amide bonds. The Kier molecular flexibility index (Phi) is 8.29. The van der Waals surface area contributed by atoms with Gasteiger partial charge in [0.05, 0.1) is 30.3 Å². The summed E-state index contributed by atoms with van der Waals surface area (Å²) < 4.78 is 5.01. The molecule has 0 unspecified atom stereocenters. The van der Waals surface area contributed by atoms with Crippen LogP contribution in [-0.4, -0.2) is 97.0 Å². The SMILES string of the molecule is CCOC(=O)N1CCN(CC(=O)N2CCNC(=O)[C@@H]2CC(=O)Nc2ccccc2Cl)CC1. The van der Waals surface area contributed by atoms with E-state index in [1.807, 2.05) is 4.90 Å². The van der Waals surface area contributed by atoms with Gasteiger partial charge in [-0.3, -0.25) is 19.3 Å². The van der Waals surface area contributed by atoms with Crippen molar-refractivity contribution < 1.29 is 23.9 Å². The van der Waals surface area contributed by atoms with Crippen molar-refractivity contribution in [2.24, 2.45) is 0 Å². The molecule has 0 aromatic heterocycles. The zero-order valence-electron chi connectivity index (χ0n) is 18.0. The molecule has 3 rings (SSSR count). The third-order valence-electron chi connectivity index (χ3n) is 5.44. The molecule has 1 atom stereocenters. The van der Waals surface area contributed by atoms with Crippen molar-refractivity contribution >= 4 is 41.1 Å². The molecule has 1 aromatic rings. The zero-order chi connectivity index (χ0) is 23.1. The molecule has 11 heteroatoms. The van der Waals surface area contributed by atoms with E-state index in [1.165, 1.54) is 4.90 Å². The smallest absolute Gasteiger partial charge is 0.409 e. The minimum absolute atomic E-state index is 0.118. The molecular formula is C21H28ClN5O5. The summed E-state index contributed by atoms with van der Waals surface area (Å²) in [6, 6.07) is 5.92. The molecule has 0 bridgehead atoms. The lowest BCUT2D eigenvalue weighted by molar-refractivity contribution is -0.145. The van der Waals surface area contributed by atoms with E-state index in [1.54, 1.807) is 36.1 Å². The summed E-state index contributed by atoms with van der Waals surface area (Å²) in [6.45, 7) is 4.86. The molecule has 0 spiro atoms. The number of anilines is 1. The molecule has 2 N–H and O–H groups in total. The van der Waals surface area contributed by atoms with Crippen LogP contribution in [0.4, 0.5) is 10.5 Å². The Morgan fingerprint density at radius 2 is 1.88 bits per heavy atom. The third-order valence-corrected chi connectivity index (χ3v) is 5.76. The Morgan fingerprint density at radius 3 is 2.56 bits per heavy atom. The highest BCUT2D eigenvalue weighted by Crippen LogP contribution is 2.21. The van der Waals surface area contributed by atoms with Crippen LogP contribution in [0.15, 0.2) is 24.3 Å². The number of piperazine rings is 2. The number of hydrogen-bond acceptors (Lipinski definition) is 6. The van der Waals surface area contributed by atoms with Crippen LogP contribution >= 0.6 is 11.6 Å². The van der Waals surface area contributed by atoms with Crippen LogP contribution in [0, 0.1) is 0 Å². The van der Waals surface area contributed by atoms with Crippen LogP contribution in [0.3, 0.4) is 0 Å². The lowest BCUT2D eigenvalue weighted by atomic mass is 10.1. The monoisotopic (exact) mass is 465 g/mol. The van der Waals surface area contributed by atoms with E-state index < -0.39 is 11.9 Å². The van der Waals surface area contributed by atoms with E-state index in [0.29, 0.717) is 56.6 Å². The van der Waals surface area contributed by atoms with E-state index in [4.69, 9.17) is 16.3 Å². The summed E-state index contributed by atoms with van der Waals surface area (Å²) in [5.74, 6) is -0.980. The first-order valence-corrected chi connectivity index (χ1v) is 11.0. The van der Waals surface area contributed by atoms with Crippen LogP contribution in [0.2, 0.25) is 5.02 Å². The van der Waals surface area contributed by atoms with E-state index in [0.717, 1.165) is 0 Å². The second-order valence-electron chi connectivity index (χ2n) is 7.59. The second-order valence-corrected chi connectivity index (χ2v) is 8.00. The molecule has 0 radical (unpaired) electrons. The molecule has 2 saturated heterocycles. The maximum atomic E-state index is 13.0. The van der Waals surface area contributed by atoms with Gasteiger partial charge < -0.3 is 25.2 Å². The van der Waals surface area contributed by atoms with Crippen molar-refractivity contribution in [3.63, 3.8) is 0 Å². The number of hydrogen-bond donors (Lipinski definition) is 2. The van der Waals surface area contributed by atoms with Gasteiger partial charge >= 0.3 is 6.09 Å². The molecule has 2 fully saturated rings. The first-order chi connectivity index (χ1) is 15.4. The van der Waals surface area contributed by atoms with Crippen LogP contribution in [0.5, 0.6) is 0 Å². The topological polar surface area (TPSA) is 111 Å². The van der Waals surface area contributed by atoms with Crippen LogP contribution in [-0.2, 0) is 19.1 Å². The maximum Gasteiger partial charge on any atom is 0.409 e.